The van der Waals surface area contributed by atoms with E-state index in [1.54, 1.807) is 0 Å². The van der Waals surface area contributed by atoms with Crippen LogP contribution >= 0.6 is 11.3 Å². The maximum absolute atomic E-state index is 6.73. The minimum atomic E-state index is 0.869. The number of thiophene rings is 1. The van der Waals surface area contributed by atoms with E-state index in [0.717, 1.165) is 94.1 Å². The lowest BCUT2D eigenvalue weighted by Crippen LogP contribution is -1.93. The van der Waals surface area contributed by atoms with Gasteiger partial charge in [0, 0.05) is 74.6 Å². The van der Waals surface area contributed by atoms with E-state index in [0.29, 0.717) is 0 Å². The van der Waals surface area contributed by atoms with E-state index < -0.39 is 0 Å². The number of furan rings is 2. The summed E-state index contributed by atoms with van der Waals surface area (Å²) in [6, 6.07) is 83.8. The fourth-order valence-corrected chi connectivity index (χ4v) is 12.9. The molecule has 71 heavy (non-hydrogen) atoms. The van der Waals surface area contributed by atoms with Crippen molar-refractivity contribution in [1.29, 1.82) is 0 Å². The Kier molecular flexibility index (Phi) is 8.01. The van der Waals surface area contributed by atoms with E-state index in [1.807, 2.05) is 23.5 Å². The monoisotopic (exact) mass is 922 g/mol. The van der Waals surface area contributed by atoms with E-state index in [9.17, 15) is 0 Å². The molecule has 0 amide bonds. The van der Waals surface area contributed by atoms with Crippen molar-refractivity contribution in [3.8, 4) is 44.8 Å². The third-order valence-corrected chi connectivity index (χ3v) is 16.0. The Morgan fingerprint density at radius 3 is 1.61 bits per heavy atom. The normalized spacial score (nSPS) is 12.2. The van der Waals surface area contributed by atoms with Crippen LogP contribution in [-0.4, -0.2) is 9.13 Å². The molecule has 0 unspecified atom stereocenters. The first-order valence-electron chi connectivity index (χ1n) is 24.1. The summed E-state index contributed by atoms with van der Waals surface area (Å²) in [6.45, 7) is 0. The Bertz CT molecular complexity index is 4870. The van der Waals surface area contributed by atoms with Crippen molar-refractivity contribution >= 4 is 119 Å². The number of rotatable bonds is 5. The van der Waals surface area contributed by atoms with Crippen molar-refractivity contribution < 1.29 is 8.83 Å². The van der Waals surface area contributed by atoms with Crippen LogP contribution in [0.1, 0.15) is 0 Å². The molecule has 4 nitrogen and oxygen atoms in total. The highest BCUT2D eigenvalue weighted by atomic mass is 32.1. The van der Waals surface area contributed by atoms with Crippen molar-refractivity contribution in [1.82, 2.24) is 9.13 Å². The van der Waals surface area contributed by atoms with Crippen LogP contribution < -0.4 is 0 Å². The summed E-state index contributed by atoms with van der Waals surface area (Å²) in [5, 5.41) is 11.9. The smallest absolute Gasteiger partial charge is 0.136 e. The molecule has 0 spiro atoms. The van der Waals surface area contributed by atoms with Gasteiger partial charge in [-0.25, -0.2) is 0 Å². The molecule has 0 aliphatic carbocycles. The molecule has 0 fully saturated rings. The zero-order valence-electron chi connectivity index (χ0n) is 38.1. The lowest BCUT2D eigenvalue weighted by molar-refractivity contribution is 0.668. The molecule has 16 aromatic rings. The topological polar surface area (TPSA) is 36.1 Å². The first-order chi connectivity index (χ1) is 35.2. The van der Waals surface area contributed by atoms with Crippen LogP contribution in [0, 0.1) is 0 Å². The predicted octanol–water partition coefficient (Wildman–Crippen LogP) is 19.0. The first-order valence-corrected chi connectivity index (χ1v) is 25.0. The average Bonchev–Trinajstić information content (AvgIpc) is 4.24. The third-order valence-electron chi connectivity index (χ3n) is 14.9. The van der Waals surface area contributed by atoms with Gasteiger partial charge in [0.1, 0.15) is 22.3 Å². The molecular weight excluding hydrogens is 885 g/mol. The number of aromatic nitrogens is 2. The number of fused-ring (bicyclic) bond motifs is 15. The Hall–Kier alpha value is -9.16. The second-order valence-corrected chi connectivity index (χ2v) is 19.9. The Morgan fingerprint density at radius 2 is 0.803 bits per heavy atom. The minimum Gasteiger partial charge on any atom is -0.456 e. The number of benzene rings is 11. The molecular formula is C66H38N2O2S. The lowest BCUT2D eigenvalue weighted by atomic mass is 9.94. The van der Waals surface area contributed by atoms with E-state index >= 15 is 0 Å². The maximum atomic E-state index is 6.73. The maximum Gasteiger partial charge on any atom is 0.136 e. The molecule has 11 aromatic carbocycles. The largest absolute Gasteiger partial charge is 0.456 e. The van der Waals surface area contributed by atoms with Gasteiger partial charge >= 0.3 is 0 Å². The second kappa shape index (κ2) is 14.7. The van der Waals surface area contributed by atoms with E-state index in [2.05, 4.69) is 228 Å². The number of para-hydroxylation sites is 3. The number of nitrogens with zero attached hydrogens (tertiary/aromatic N) is 2. The number of hydrogen-bond donors (Lipinski definition) is 0. The van der Waals surface area contributed by atoms with E-state index in [4.69, 9.17) is 8.83 Å². The van der Waals surface area contributed by atoms with Gasteiger partial charge in [-0.15, -0.1) is 11.3 Å². The molecule has 5 aromatic heterocycles. The van der Waals surface area contributed by atoms with Crippen molar-refractivity contribution in [2.75, 3.05) is 0 Å². The van der Waals surface area contributed by atoms with Crippen molar-refractivity contribution in [3.63, 3.8) is 0 Å². The Morgan fingerprint density at radius 1 is 0.268 bits per heavy atom. The van der Waals surface area contributed by atoms with Crippen LogP contribution in [0.3, 0.4) is 0 Å². The molecule has 0 atom stereocenters. The summed E-state index contributed by atoms with van der Waals surface area (Å²) < 4.78 is 20.4. The Labute approximate surface area is 410 Å². The minimum absolute atomic E-state index is 0.869. The van der Waals surface area contributed by atoms with Crippen LogP contribution in [-0.2, 0) is 0 Å². The molecule has 5 heteroatoms. The van der Waals surface area contributed by atoms with Crippen LogP contribution in [0.2, 0.25) is 0 Å². The molecule has 0 aliphatic rings. The SMILES string of the molecule is c1ccc(-n2c3ccc(-c4cccc5oc6ccc(-c7cccc8c7c7cc(-c9ccc%10oc%11ccccc%11c%10c9)ccc7n8-c7ccccc7)cc6c45)cc3c3cc4c(cc32)sc2ccccc24)cc1. The highest BCUT2D eigenvalue weighted by Crippen LogP contribution is 2.46. The van der Waals surface area contributed by atoms with Gasteiger partial charge in [0.2, 0.25) is 0 Å². The number of hydrogen-bond acceptors (Lipinski definition) is 3. The van der Waals surface area contributed by atoms with Crippen molar-refractivity contribution in [2.45, 2.75) is 0 Å². The highest BCUT2D eigenvalue weighted by molar-refractivity contribution is 7.25. The molecule has 0 saturated carbocycles. The second-order valence-electron chi connectivity index (χ2n) is 18.8. The summed E-state index contributed by atoms with van der Waals surface area (Å²) in [4.78, 5) is 0. The summed E-state index contributed by atoms with van der Waals surface area (Å²) in [5.74, 6) is 0. The zero-order valence-corrected chi connectivity index (χ0v) is 38.9. The Balaban J connectivity index is 0.902. The van der Waals surface area contributed by atoms with Crippen LogP contribution in [0.5, 0.6) is 0 Å². The molecule has 16 rings (SSSR count). The highest BCUT2D eigenvalue weighted by Gasteiger charge is 2.22. The van der Waals surface area contributed by atoms with Gasteiger partial charge in [-0.3, -0.25) is 0 Å². The molecule has 330 valence electrons. The van der Waals surface area contributed by atoms with Gasteiger partial charge in [0.15, 0.2) is 0 Å². The fraction of sp³-hybridized carbons (Fsp3) is 0. The van der Waals surface area contributed by atoms with Gasteiger partial charge in [-0.1, -0.05) is 121 Å². The molecule has 0 radical (unpaired) electrons. The summed E-state index contributed by atoms with van der Waals surface area (Å²) in [6.07, 6.45) is 0. The van der Waals surface area contributed by atoms with Crippen molar-refractivity contribution in [3.05, 3.63) is 231 Å². The molecule has 0 N–H and O–H groups in total. The predicted molar refractivity (Wildman–Crippen MR) is 299 cm³/mol. The summed E-state index contributed by atoms with van der Waals surface area (Å²) in [7, 11) is 0. The van der Waals surface area contributed by atoms with Gasteiger partial charge in [-0.2, -0.15) is 0 Å². The van der Waals surface area contributed by atoms with Gasteiger partial charge < -0.3 is 18.0 Å². The molecule has 0 aliphatic heterocycles. The van der Waals surface area contributed by atoms with Crippen LogP contribution in [0.25, 0.3) is 152 Å². The first kappa shape index (κ1) is 38.8. The van der Waals surface area contributed by atoms with Crippen molar-refractivity contribution in [2.24, 2.45) is 0 Å². The van der Waals surface area contributed by atoms with Crippen LogP contribution in [0.15, 0.2) is 239 Å². The zero-order chi connectivity index (χ0) is 46.3. The molecule has 5 heterocycles. The quantitative estimate of drug-likeness (QED) is 0.172. The standard InChI is InChI=1S/C66H38N2O2S/c1-3-13-43(14-4-1)67-56-29-25-39(40-27-31-60-51(33-40)47-17-7-9-22-59(47)69-60)34-53(56)65-45(19-11-21-57(65)67)42-28-32-61-54(36-42)66-46(20-12-23-62(66)70-61)41-26-30-55-49(35-41)50-37-52-48-18-8-10-24-63(48)71-64(52)38-58(50)68(55)44-15-5-2-6-16-44/h1-38H. The lowest BCUT2D eigenvalue weighted by Gasteiger charge is -2.09. The fourth-order valence-electron chi connectivity index (χ4n) is 11.7. The van der Waals surface area contributed by atoms with Gasteiger partial charge in [-0.05, 0) is 143 Å². The summed E-state index contributed by atoms with van der Waals surface area (Å²) in [5.41, 5.74) is 17.5. The average molecular weight is 923 g/mol. The van der Waals surface area contributed by atoms with Crippen LogP contribution in [0.4, 0.5) is 0 Å². The van der Waals surface area contributed by atoms with E-state index in [1.165, 1.54) is 58.3 Å². The summed E-state index contributed by atoms with van der Waals surface area (Å²) >= 11 is 1.87. The van der Waals surface area contributed by atoms with E-state index in [-0.39, 0.29) is 0 Å². The van der Waals surface area contributed by atoms with Gasteiger partial charge in [0.25, 0.3) is 0 Å². The third kappa shape index (κ3) is 5.66. The molecule has 0 saturated heterocycles. The molecule has 0 bridgehead atoms. The van der Waals surface area contributed by atoms with Gasteiger partial charge in [0.05, 0.1) is 22.1 Å².